The summed E-state index contributed by atoms with van der Waals surface area (Å²) in [5.74, 6) is 0.590. The number of nitrogens with two attached hydrogens (primary N) is 1. The first-order valence-electron chi connectivity index (χ1n) is 7.11. The largest absolute Gasteiger partial charge is 0.350 e. The van der Waals surface area contributed by atoms with Crippen LogP contribution in [-0.2, 0) is 4.79 Å². The summed E-state index contributed by atoms with van der Waals surface area (Å²) in [5.41, 5.74) is 5.63. The third kappa shape index (κ3) is 4.94. The van der Waals surface area contributed by atoms with Gasteiger partial charge in [-0.1, -0.05) is 12.8 Å². The maximum Gasteiger partial charge on any atom is 0.237 e. The lowest BCUT2D eigenvalue weighted by Crippen LogP contribution is -2.54. The second-order valence-electron chi connectivity index (χ2n) is 6.51. The maximum absolute atomic E-state index is 12.0. The Labute approximate surface area is 111 Å². The van der Waals surface area contributed by atoms with E-state index in [2.05, 4.69) is 10.6 Å². The monoisotopic (exact) mass is 255 g/mol. The first-order chi connectivity index (χ1) is 8.33. The molecule has 0 aromatic rings. The molecule has 0 aromatic carbocycles. The van der Waals surface area contributed by atoms with Gasteiger partial charge in [0, 0.05) is 11.6 Å². The van der Waals surface area contributed by atoms with Gasteiger partial charge in [-0.05, 0) is 53.0 Å². The molecule has 0 spiro atoms. The molecule has 4 nitrogen and oxygen atoms in total. The number of nitrogens with one attached hydrogen (secondary N) is 2. The van der Waals surface area contributed by atoms with Crippen molar-refractivity contribution in [3.63, 3.8) is 0 Å². The summed E-state index contributed by atoms with van der Waals surface area (Å²) in [6.45, 7) is 8.65. The van der Waals surface area contributed by atoms with Gasteiger partial charge in [0.1, 0.15) is 0 Å². The fourth-order valence-electron chi connectivity index (χ4n) is 2.58. The molecular weight excluding hydrogens is 226 g/mol. The number of hydrogen-bond donors (Lipinski definition) is 3. The van der Waals surface area contributed by atoms with Crippen molar-refractivity contribution in [2.75, 3.05) is 6.54 Å². The molecule has 0 radical (unpaired) electrons. The van der Waals surface area contributed by atoms with Crippen LogP contribution in [0.5, 0.6) is 0 Å². The number of carbonyl (C=O) groups excluding carboxylic acids is 1. The zero-order valence-corrected chi connectivity index (χ0v) is 12.3. The van der Waals surface area contributed by atoms with Crippen molar-refractivity contribution in [3.8, 4) is 0 Å². The lowest BCUT2D eigenvalue weighted by molar-refractivity contribution is -0.124. The SMILES string of the molecule is CC(NC1CCCCC1CN)C(=O)NC(C)(C)C. The van der Waals surface area contributed by atoms with Gasteiger partial charge in [0.05, 0.1) is 6.04 Å². The second kappa shape index (κ2) is 6.53. The summed E-state index contributed by atoms with van der Waals surface area (Å²) in [6.07, 6.45) is 4.82. The third-order valence-electron chi connectivity index (χ3n) is 3.57. The van der Waals surface area contributed by atoms with Crippen LogP contribution in [0.3, 0.4) is 0 Å². The normalized spacial score (nSPS) is 26.7. The zero-order valence-electron chi connectivity index (χ0n) is 12.3. The first-order valence-corrected chi connectivity index (χ1v) is 7.11. The Balaban J connectivity index is 2.47. The lowest BCUT2D eigenvalue weighted by atomic mass is 9.84. The van der Waals surface area contributed by atoms with Crippen molar-refractivity contribution in [1.29, 1.82) is 0 Å². The molecule has 0 bridgehead atoms. The van der Waals surface area contributed by atoms with Crippen molar-refractivity contribution in [3.05, 3.63) is 0 Å². The van der Waals surface area contributed by atoms with E-state index in [9.17, 15) is 4.79 Å². The number of hydrogen-bond acceptors (Lipinski definition) is 3. The van der Waals surface area contributed by atoms with Crippen LogP contribution in [0.15, 0.2) is 0 Å². The van der Waals surface area contributed by atoms with E-state index in [1.54, 1.807) is 0 Å². The molecule has 3 unspecified atom stereocenters. The number of rotatable bonds is 4. The van der Waals surface area contributed by atoms with E-state index in [-0.39, 0.29) is 17.5 Å². The van der Waals surface area contributed by atoms with Crippen LogP contribution in [0, 0.1) is 5.92 Å². The average Bonchev–Trinajstić information content (AvgIpc) is 2.27. The predicted molar refractivity (Wildman–Crippen MR) is 75.3 cm³/mol. The van der Waals surface area contributed by atoms with Gasteiger partial charge in [0.2, 0.25) is 5.91 Å². The minimum Gasteiger partial charge on any atom is -0.350 e. The van der Waals surface area contributed by atoms with E-state index in [4.69, 9.17) is 5.73 Å². The number of amides is 1. The molecule has 0 saturated heterocycles. The Bertz CT molecular complexity index is 273. The molecule has 1 amide bonds. The van der Waals surface area contributed by atoms with Crippen LogP contribution in [0.2, 0.25) is 0 Å². The Morgan fingerprint density at radius 3 is 2.50 bits per heavy atom. The van der Waals surface area contributed by atoms with Gasteiger partial charge in [0.25, 0.3) is 0 Å². The third-order valence-corrected chi connectivity index (χ3v) is 3.57. The highest BCUT2D eigenvalue weighted by molar-refractivity contribution is 5.81. The minimum absolute atomic E-state index is 0.0730. The summed E-state index contributed by atoms with van der Waals surface area (Å²) in [4.78, 5) is 12.0. The molecule has 18 heavy (non-hydrogen) atoms. The van der Waals surface area contributed by atoms with Gasteiger partial charge in [-0.15, -0.1) is 0 Å². The zero-order chi connectivity index (χ0) is 13.8. The molecule has 1 rings (SSSR count). The maximum atomic E-state index is 12.0. The van der Waals surface area contributed by atoms with Gasteiger partial charge in [0.15, 0.2) is 0 Å². The molecule has 1 fully saturated rings. The highest BCUT2D eigenvalue weighted by Crippen LogP contribution is 2.23. The van der Waals surface area contributed by atoms with Crippen LogP contribution in [0.1, 0.15) is 53.4 Å². The van der Waals surface area contributed by atoms with E-state index in [0.29, 0.717) is 18.5 Å². The Morgan fingerprint density at radius 1 is 1.33 bits per heavy atom. The van der Waals surface area contributed by atoms with Crippen molar-refractivity contribution >= 4 is 5.91 Å². The van der Waals surface area contributed by atoms with Gasteiger partial charge in [-0.2, -0.15) is 0 Å². The van der Waals surface area contributed by atoms with Crippen molar-refractivity contribution in [2.45, 2.75) is 71.0 Å². The standard InChI is InChI=1S/C14H29N3O/c1-10(13(18)17-14(2,3)4)16-12-8-6-5-7-11(12)9-15/h10-12,16H,5-9,15H2,1-4H3,(H,17,18). The first kappa shape index (κ1) is 15.4. The smallest absolute Gasteiger partial charge is 0.237 e. The van der Waals surface area contributed by atoms with Gasteiger partial charge in [-0.25, -0.2) is 0 Å². The lowest BCUT2D eigenvalue weighted by Gasteiger charge is -2.34. The van der Waals surface area contributed by atoms with Crippen molar-refractivity contribution < 1.29 is 4.79 Å². The molecule has 1 saturated carbocycles. The Kier molecular flexibility index (Phi) is 5.60. The summed E-state index contributed by atoms with van der Waals surface area (Å²) >= 11 is 0. The summed E-state index contributed by atoms with van der Waals surface area (Å²) < 4.78 is 0. The Morgan fingerprint density at radius 2 is 1.94 bits per heavy atom. The highest BCUT2D eigenvalue weighted by atomic mass is 16.2. The van der Waals surface area contributed by atoms with Gasteiger partial charge < -0.3 is 16.4 Å². The fraction of sp³-hybridized carbons (Fsp3) is 0.929. The fourth-order valence-corrected chi connectivity index (χ4v) is 2.58. The van der Waals surface area contributed by atoms with E-state index in [1.165, 1.54) is 19.3 Å². The predicted octanol–water partition coefficient (Wildman–Crippen LogP) is 1.40. The van der Waals surface area contributed by atoms with Crippen LogP contribution in [-0.4, -0.2) is 30.1 Å². The van der Waals surface area contributed by atoms with E-state index >= 15 is 0 Å². The van der Waals surface area contributed by atoms with Crippen molar-refractivity contribution in [1.82, 2.24) is 10.6 Å². The van der Waals surface area contributed by atoms with Crippen LogP contribution < -0.4 is 16.4 Å². The molecule has 106 valence electrons. The quantitative estimate of drug-likeness (QED) is 0.711. The minimum atomic E-state index is -0.174. The van der Waals surface area contributed by atoms with Crippen LogP contribution >= 0.6 is 0 Å². The van der Waals surface area contributed by atoms with Gasteiger partial charge >= 0.3 is 0 Å². The molecule has 4 heteroatoms. The second-order valence-corrected chi connectivity index (χ2v) is 6.51. The molecule has 0 heterocycles. The summed E-state index contributed by atoms with van der Waals surface area (Å²) in [7, 11) is 0. The summed E-state index contributed by atoms with van der Waals surface area (Å²) in [6, 6.07) is 0.242. The molecule has 1 aliphatic rings. The summed E-state index contributed by atoms with van der Waals surface area (Å²) in [5, 5.41) is 6.46. The van der Waals surface area contributed by atoms with E-state index < -0.39 is 0 Å². The van der Waals surface area contributed by atoms with E-state index in [0.717, 1.165) is 6.42 Å². The van der Waals surface area contributed by atoms with Gasteiger partial charge in [-0.3, -0.25) is 4.79 Å². The molecule has 4 N–H and O–H groups in total. The van der Waals surface area contributed by atoms with Crippen LogP contribution in [0.25, 0.3) is 0 Å². The molecule has 3 atom stereocenters. The topological polar surface area (TPSA) is 67.1 Å². The van der Waals surface area contributed by atoms with Crippen LogP contribution in [0.4, 0.5) is 0 Å². The Hall–Kier alpha value is -0.610. The van der Waals surface area contributed by atoms with Crippen molar-refractivity contribution in [2.24, 2.45) is 11.7 Å². The molecule has 1 aliphatic carbocycles. The molecule has 0 aromatic heterocycles. The molecular formula is C14H29N3O. The molecule has 0 aliphatic heterocycles. The average molecular weight is 255 g/mol. The highest BCUT2D eigenvalue weighted by Gasteiger charge is 2.27. The van der Waals surface area contributed by atoms with E-state index in [1.807, 2.05) is 27.7 Å². The number of carbonyl (C=O) groups is 1.